The molecule has 134 valence electrons. The van der Waals surface area contributed by atoms with Crippen LogP contribution in [0.2, 0.25) is 5.02 Å². The molecule has 0 amide bonds. The number of nitrogens with zero attached hydrogens (tertiary/aromatic N) is 2. The van der Waals surface area contributed by atoms with Crippen LogP contribution in [0.15, 0.2) is 54.6 Å². The minimum atomic E-state index is 0.0391. The highest BCUT2D eigenvalue weighted by Gasteiger charge is 2.25. The Kier molecular flexibility index (Phi) is 5.36. The second-order valence-corrected chi connectivity index (χ2v) is 8.22. The number of aryl methyl sites for hydroxylation is 1. The SMILES string of the molecule is Cc1sc(C2CN(Cc3ccccc3)CCO2)nc1-c1ccc(Cl)cc1. The van der Waals surface area contributed by atoms with Gasteiger partial charge in [-0.1, -0.05) is 54.1 Å². The van der Waals surface area contributed by atoms with Gasteiger partial charge in [0, 0.05) is 35.1 Å². The average Bonchev–Trinajstić information content (AvgIpc) is 3.05. The molecule has 2 aromatic carbocycles. The van der Waals surface area contributed by atoms with E-state index >= 15 is 0 Å². The summed E-state index contributed by atoms with van der Waals surface area (Å²) in [6, 6.07) is 18.5. The summed E-state index contributed by atoms with van der Waals surface area (Å²) in [4.78, 5) is 8.56. The second kappa shape index (κ2) is 7.89. The Hall–Kier alpha value is -1.72. The van der Waals surface area contributed by atoms with Crippen LogP contribution in [-0.4, -0.2) is 29.6 Å². The molecule has 1 unspecified atom stereocenters. The zero-order chi connectivity index (χ0) is 17.9. The van der Waals surface area contributed by atoms with E-state index in [1.165, 1.54) is 10.4 Å². The van der Waals surface area contributed by atoms with Crippen molar-refractivity contribution in [1.29, 1.82) is 0 Å². The van der Waals surface area contributed by atoms with Crippen LogP contribution in [0.4, 0.5) is 0 Å². The fourth-order valence-electron chi connectivity index (χ4n) is 3.27. The average molecular weight is 385 g/mol. The molecule has 3 nitrogen and oxygen atoms in total. The Morgan fingerprint density at radius 2 is 1.92 bits per heavy atom. The zero-order valence-electron chi connectivity index (χ0n) is 14.7. The van der Waals surface area contributed by atoms with Gasteiger partial charge in [0.1, 0.15) is 11.1 Å². The molecule has 3 aromatic rings. The van der Waals surface area contributed by atoms with Crippen LogP contribution >= 0.6 is 22.9 Å². The standard InChI is InChI=1S/C21H21ClN2OS/c1-15-20(17-7-9-18(22)10-8-17)23-21(26-15)19-14-24(11-12-25-19)13-16-5-3-2-4-6-16/h2-10,19H,11-14H2,1H3. The first kappa shape index (κ1) is 17.7. The summed E-state index contributed by atoms with van der Waals surface area (Å²) < 4.78 is 6.04. The number of hydrogen-bond donors (Lipinski definition) is 0. The monoisotopic (exact) mass is 384 g/mol. The molecule has 0 N–H and O–H groups in total. The van der Waals surface area contributed by atoms with E-state index in [0.29, 0.717) is 0 Å². The number of morpholine rings is 1. The molecule has 1 aromatic heterocycles. The van der Waals surface area contributed by atoms with E-state index in [4.69, 9.17) is 21.3 Å². The molecule has 4 rings (SSSR count). The maximum Gasteiger partial charge on any atom is 0.124 e. The first-order valence-corrected chi connectivity index (χ1v) is 9.99. The highest BCUT2D eigenvalue weighted by Crippen LogP contribution is 2.33. The van der Waals surface area contributed by atoms with E-state index < -0.39 is 0 Å². The summed E-state index contributed by atoms with van der Waals surface area (Å²) in [5, 5.41) is 1.80. The molecule has 0 bridgehead atoms. The van der Waals surface area contributed by atoms with Gasteiger partial charge in [0.15, 0.2) is 0 Å². The Morgan fingerprint density at radius 1 is 1.15 bits per heavy atom. The fraction of sp³-hybridized carbons (Fsp3) is 0.286. The van der Waals surface area contributed by atoms with Crippen LogP contribution in [0.25, 0.3) is 11.3 Å². The van der Waals surface area contributed by atoms with Gasteiger partial charge in [-0.05, 0) is 24.6 Å². The number of thiazole rings is 1. The van der Waals surface area contributed by atoms with E-state index in [2.05, 4.69) is 42.2 Å². The van der Waals surface area contributed by atoms with Crippen LogP contribution in [-0.2, 0) is 11.3 Å². The highest BCUT2D eigenvalue weighted by atomic mass is 35.5. The molecule has 2 heterocycles. The smallest absolute Gasteiger partial charge is 0.124 e. The quantitative estimate of drug-likeness (QED) is 0.606. The first-order chi connectivity index (χ1) is 12.7. The number of ether oxygens (including phenoxy) is 1. The van der Waals surface area contributed by atoms with Crippen LogP contribution in [0, 0.1) is 6.92 Å². The first-order valence-electron chi connectivity index (χ1n) is 8.80. The van der Waals surface area contributed by atoms with Gasteiger partial charge < -0.3 is 4.74 Å². The minimum absolute atomic E-state index is 0.0391. The molecule has 0 radical (unpaired) electrons. The molecule has 0 aliphatic carbocycles. The van der Waals surface area contributed by atoms with E-state index in [9.17, 15) is 0 Å². The summed E-state index contributed by atoms with van der Waals surface area (Å²) >= 11 is 7.74. The lowest BCUT2D eigenvalue weighted by Gasteiger charge is -2.32. The van der Waals surface area contributed by atoms with E-state index in [0.717, 1.165) is 47.5 Å². The van der Waals surface area contributed by atoms with Crippen molar-refractivity contribution < 1.29 is 4.74 Å². The van der Waals surface area contributed by atoms with Gasteiger partial charge in [0.25, 0.3) is 0 Å². The molecule has 1 fully saturated rings. The Morgan fingerprint density at radius 3 is 2.69 bits per heavy atom. The van der Waals surface area contributed by atoms with Crippen molar-refractivity contribution in [2.45, 2.75) is 19.6 Å². The van der Waals surface area contributed by atoms with Crippen molar-refractivity contribution in [2.24, 2.45) is 0 Å². The van der Waals surface area contributed by atoms with Gasteiger partial charge in [0.2, 0.25) is 0 Å². The molecule has 0 saturated carbocycles. The largest absolute Gasteiger partial charge is 0.368 e. The fourth-order valence-corrected chi connectivity index (χ4v) is 4.38. The maximum absolute atomic E-state index is 6.04. The van der Waals surface area contributed by atoms with Crippen LogP contribution in [0.1, 0.15) is 21.6 Å². The lowest BCUT2D eigenvalue weighted by Crippen LogP contribution is -2.37. The molecule has 1 aliphatic rings. The molecule has 5 heteroatoms. The third kappa shape index (κ3) is 3.99. The predicted molar refractivity (Wildman–Crippen MR) is 108 cm³/mol. The van der Waals surface area contributed by atoms with Gasteiger partial charge in [0.05, 0.1) is 12.3 Å². The molecular weight excluding hydrogens is 364 g/mol. The summed E-state index contributed by atoms with van der Waals surface area (Å²) in [5.41, 5.74) is 3.47. The van der Waals surface area contributed by atoms with Crippen LogP contribution in [0.5, 0.6) is 0 Å². The van der Waals surface area contributed by atoms with E-state index in [-0.39, 0.29) is 6.10 Å². The van der Waals surface area contributed by atoms with Crippen LogP contribution in [0.3, 0.4) is 0 Å². The van der Waals surface area contributed by atoms with Crippen molar-refractivity contribution >= 4 is 22.9 Å². The molecule has 26 heavy (non-hydrogen) atoms. The highest BCUT2D eigenvalue weighted by molar-refractivity contribution is 7.12. The lowest BCUT2D eigenvalue weighted by molar-refractivity contribution is -0.0329. The van der Waals surface area contributed by atoms with Crippen LogP contribution < -0.4 is 0 Å². The molecular formula is C21H21ClN2OS. The number of hydrogen-bond acceptors (Lipinski definition) is 4. The van der Waals surface area contributed by atoms with Gasteiger partial charge in [-0.15, -0.1) is 11.3 Å². The normalized spacial score (nSPS) is 18.2. The Balaban J connectivity index is 1.50. The van der Waals surface area contributed by atoms with Crippen molar-refractivity contribution in [3.05, 3.63) is 75.1 Å². The van der Waals surface area contributed by atoms with E-state index in [1.807, 2.05) is 24.3 Å². The van der Waals surface area contributed by atoms with Crippen molar-refractivity contribution in [3.8, 4) is 11.3 Å². The predicted octanol–water partition coefficient (Wildman–Crippen LogP) is 5.35. The van der Waals surface area contributed by atoms with Crippen molar-refractivity contribution in [2.75, 3.05) is 19.7 Å². The lowest BCUT2D eigenvalue weighted by atomic mass is 10.1. The third-order valence-corrected chi connectivity index (χ3v) is 5.92. The molecule has 1 atom stereocenters. The zero-order valence-corrected chi connectivity index (χ0v) is 16.3. The van der Waals surface area contributed by atoms with Gasteiger partial charge in [-0.25, -0.2) is 4.98 Å². The number of aromatic nitrogens is 1. The van der Waals surface area contributed by atoms with Crippen molar-refractivity contribution in [3.63, 3.8) is 0 Å². The van der Waals surface area contributed by atoms with Crippen molar-refractivity contribution in [1.82, 2.24) is 9.88 Å². The minimum Gasteiger partial charge on any atom is -0.368 e. The van der Waals surface area contributed by atoms with Gasteiger partial charge in [-0.3, -0.25) is 4.90 Å². The second-order valence-electron chi connectivity index (χ2n) is 6.54. The summed E-state index contributed by atoms with van der Waals surface area (Å²) in [7, 11) is 0. The molecule has 0 spiro atoms. The van der Waals surface area contributed by atoms with Gasteiger partial charge >= 0.3 is 0 Å². The topological polar surface area (TPSA) is 25.4 Å². The van der Waals surface area contributed by atoms with E-state index in [1.54, 1.807) is 11.3 Å². The summed E-state index contributed by atoms with van der Waals surface area (Å²) in [5.74, 6) is 0. The van der Waals surface area contributed by atoms with Gasteiger partial charge in [-0.2, -0.15) is 0 Å². The maximum atomic E-state index is 6.04. The number of halogens is 1. The summed E-state index contributed by atoms with van der Waals surface area (Å²) in [6.07, 6.45) is 0.0391. The molecule has 1 saturated heterocycles. The third-order valence-electron chi connectivity index (χ3n) is 4.61. The Labute approximate surface area is 163 Å². The Bertz CT molecular complexity index is 863. The number of benzene rings is 2. The molecule has 1 aliphatic heterocycles. The summed E-state index contributed by atoms with van der Waals surface area (Å²) in [6.45, 7) is 5.65. The number of rotatable bonds is 4.